The SMILES string of the molecule is CCCCOC(O)Cc1c(C)cc2nc(COC)ccc2c1-c1ccc(Cl)cc1. The molecule has 5 heteroatoms. The number of hydrogen-bond acceptors (Lipinski definition) is 4. The first-order chi connectivity index (χ1) is 14.0. The quantitative estimate of drug-likeness (QED) is 0.361. The Bertz CT molecular complexity index is 956. The fraction of sp³-hybridized carbons (Fsp3) is 0.375. The smallest absolute Gasteiger partial charge is 0.158 e. The van der Waals surface area contributed by atoms with Crippen LogP contribution in [0.5, 0.6) is 0 Å². The number of benzene rings is 2. The number of methoxy groups -OCH3 is 1. The minimum Gasteiger partial charge on any atom is -0.378 e. The topological polar surface area (TPSA) is 51.6 Å². The maximum absolute atomic E-state index is 10.5. The molecule has 1 N–H and O–H groups in total. The molecule has 0 amide bonds. The second-order valence-electron chi connectivity index (χ2n) is 7.24. The van der Waals surface area contributed by atoms with E-state index in [1.165, 1.54) is 0 Å². The number of fused-ring (bicyclic) bond motifs is 1. The third kappa shape index (κ3) is 5.34. The molecule has 0 saturated heterocycles. The van der Waals surface area contributed by atoms with E-state index in [1.54, 1.807) is 7.11 Å². The molecular formula is C24H28ClNO3. The molecular weight excluding hydrogens is 386 g/mol. The minimum atomic E-state index is -0.843. The molecule has 1 aromatic heterocycles. The Labute approximate surface area is 177 Å². The van der Waals surface area contributed by atoms with Gasteiger partial charge in [-0.15, -0.1) is 0 Å². The minimum absolute atomic E-state index is 0.420. The summed E-state index contributed by atoms with van der Waals surface area (Å²) in [6, 6.07) is 13.9. The van der Waals surface area contributed by atoms with Crippen LogP contribution in [0.1, 0.15) is 36.6 Å². The maximum Gasteiger partial charge on any atom is 0.158 e. The maximum atomic E-state index is 10.5. The Kier molecular flexibility index (Phi) is 7.62. The zero-order valence-corrected chi connectivity index (χ0v) is 18.0. The van der Waals surface area contributed by atoms with E-state index in [4.69, 9.17) is 26.1 Å². The first kappa shape index (κ1) is 21.7. The van der Waals surface area contributed by atoms with Gasteiger partial charge < -0.3 is 14.6 Å². The van der Waals surface area contributed by atoms with Crippen LogP contribution in [0.15, 0.2) is 42.5 Å². The van der Waals surface area contributed by atoms with Gasteiger partial charge in [0.25, 0.3) is 0 Å². The van der Waals surface area contributed by atoms with Crippen LogP contribution in [-0.2, 0) is 22.5 Å². The second-order valence-corrected chi connectivity index (χ2v) is 7.68. The van der Waals surface area contributed by atoms with Gasteiger partial charge in [-0.05, 0) is 59.9 Å². The molecule has 1 heterocycles. The van der Waals surface area contributed by atoms with Gasteiger partial charge in [0.1, 0.15) is 0 Å². The zero-order valence-electron chi connectivity index (χ0n) is 17.2. The number of aliphatic hydroxyl groups excluding tert-OH is 1. The Morgan fingerprint density at radius 2 is 1.90 bits per heavy atom. The third-order valence-electron chi connectivity index (χ3n) is 4.99. The van der Waals surface area contributed by atoms with Crippen molar-refractivity contribution in [2.24, 2.45) is 0 Å². The van der Waals surface area contributed by atoms with Crippen molar-refractivity contribution in [1.29, 1.82) is 0 Å². The molecule has 3 aromatic rings. The summed E-state index contributed by atoms with van der Waals surface area (Å²) in [7, 11) is 1.67. The number of aryl methyl sites for hydroxylation is 1. The number of hydrogen-bond donors (Lipinski definition) is 1. The van der Waals surface area contributed by atoms with Crippen LogP contribution in [0, 0.1) is 6.92 Å². The molecule has 0 fully saturated rings. The molecule has 1 unspecified atom stereocenters. The van der Waals surface area contributed by atoms with Crippen molar-refractivity contribution in [3.8, 4) is 11.1 Å². The van der Waals surface area contributed by atoms with Crippen molar-refractivity contribution in [3.63, 3.8) is 0 Å². The van der Waals surface area contributed by atoms with E-state index in [2.05, 4.69) is 26.0 Å². The molecule has 29 heavy (non-hydrogen) atoms. The molecule has 0 aliphatic rings. The Morgan fingerprint density at radius 1 is 1.14 bits per heavy atom. The predicted molar refractivity (Wildman–Crippen MR) is 118 cm³/mol. The van der Waals surface area contributed by atoms with Crippen LogP contribution in [-0.4, -0.2) is 30.1 Å². The van der Waals surface area contributed by atoms with Gasteiger partial charge in [-0.1, -0.05) is 43.1 Å². The summed E-state index contributed by atoms with van der Waals surface area (Å²) in [5.41, 5.74) is 6.03. The standard InChI is InChI=1S/C24H28ClNO3/c1-4-5-12-29-23(27)14-21-16(2)13-22-20(11-10-19(26-22)15-28-3)24(21)17-6-8-18(25)9-7-17/h6-11,13,23,27H,4-5,12,14-15H2,1-3H3. The van der Waals surface area contributed by atoms with Crippen LogP contribution in [0.3, 0.4) is 0 Å². The lowest BCUT2D eigenvalue weighted by Crippen LogP contribution is -2.17. The van der Waals surface area contributed by atoms with Gasteiger partial charge in [0.2, 0.25) is 0 Å². The van der Waals surface area contributed by atoms with Crippen molar-refractivity contribution < 1.29 is 14.6 Å². The molecule has 154 valence electrons. The number of unbranched alkanes of at least 4 members (excludes halogenated alkanes) is 1. The predicted octanol–water partition coefficient (Wildman–Crippen LogP) is 5.69. The summed E-state index contributed by atoms with van der Waals surface area (Å²) in [5.74, 6) is 0. The average Bonchev–Trinajstić information content (AvgIpc) is 2.70. The number of aliphatic hydroxyl groups is 1. The van der Waals surface area contributed by atoms with Crippen LogP contribution in [0.2, 0.25) is 5.02 Å². The van der Waals surface area contributed by atoms with Crippen molar-refractivity contribution >= 4 is 22.5 Å². The van der Waals surface area contributed by atoms with E-state index < -0.39 is 6.29 Å². The van der Waals surface area contributed by atoms with Crippen molar-refractivity contribution in [1.82, 2.24) is 4.98 Å². The van der Waals surface area contributed by atoms with Crippen molar-refractivity contribution in [2.75, 3.05) is 13.7 Å². The monoisotopic (exact) mass is 413 g/mol. The highest BCUT2D eigenvalue weighted by molar-refractivity contribution is 6.30. The summed E-state index contributed by atoms with van der Waals surface area (Å²) in [6.45, 7) is 5.18. The van der Waals surface area contributed by atoms with Gasteiger partial charge in [-0.2, -0.15) is 0 Å². The molecule has 0 saturated carbocycles. The van der Waals surface area contributed by atoms with Crippen molar-refractivity contribution in [3.05, 3.63) is 64.3 Å². The third-order valence-corrected chi connectivity index (χ3v) is 5.25. The number of rotatable bonds is 9. The molecule has 4 nitrogen and oxygen atoms in total. The summed E-state index contributed by atoms with van der Waals surface area (Å²) in [5, 5.41) is 12.2. The molecule has 1 atom stereocenters. The van der Waals surface area contributed by atoms with Gasteiger partial charge >= 0.3 is 0 Å². The molecule has 0 spiro atoms. The fourth-order valence-corrected chi connectivity index (χ4v) is 3.65. The van der Waals surface area contributed by atoms with Gasteiger partial charge in [0.05, 0.1) is 17.8 Å². The average molecular weight is 414 g/mol. The molecule has 0 aliphatic heterocycles. The molecule has 0 radical (unpaired) electrons. The van der Waals surface area contributed by atoms with E-state index in [9.17, 15) is 5.11 Å². The highest BCUT2D eigenvalue weighted by Crippen LogP contribution is 2.35. The van der Waals surface area contributed by atoms with Crippen LogP contribution in [0.25, 0.3) is 22.0 Å². The molecule has 3 rings (SSSR count). The lowest BCUT2D eigenvalue weighted by Gasteiger charge is -2.20. The Balaban J connectivity index is 2.10. The lowest BCUT2D eigenvalue weighted by molar-refractivity contribution is -0.0980. The fourth-order valence-electron chi connectivity index (χ4n) is 3.53. The van der Waals surface area contributed by atoms with Crippen LogP contribution in [0.4, 0.5) is 0 Å². The number of halogens is 1. The number of nitrogens with zero attached hydrogens (tertiary/aromatic N) is 1. The molecule has 0 bridgehead atoms. The Morgan fingerprint density at radius 3 is 2.59 bits per heavy atom. The summed E-state index contributed by atoms with van der Waals surface area (Å²) in [6.07, 6.45) is 1.55. The summed E-state index contributed by atoms with van der Waals surface area (Å²) >= 11 is 6.11. The summed E-state index contributed by atoms with van der Waals surface area (Å²) < 4.78 is 10.8. The largest absolute Gasteiger partial charge is 0.378 e. The van der Waals surface area contributed by atoms with Gasteiger partial charge in [0.15, 0.2) is 6.29 Å². The molecule has 2 aromatic carbocycles. The first-order valence-corrected chi connectivity index (χ1v) is 10.4. The van der Waals surface area contributed by atoms with E-state index in [0.717, 1.165) is 51.7 Å². The highest BCUT2D eigenvalue weighted by Gasteiger charge is 2.18. The Hall–Kier alpha value is -1.98. The number of aromatic nitrogens is 1. The van der Waals surface area contributed by atoms with Crippen LogP contribution < -0.4 is 0 Å². The van der Waals surface area contributed by atoms with Gasteiger partial charge in [-0.25, -0.2) is 0 Å². The highest BCUT2D eigenvalue weighted by atomic mass is 35.5. The summed E-state index contributed by atoms with van der Waals surface area (Å²) in [4.78, 5) is 4.77. The van der Waals surface area contributed by atoms with E-state index in [1.807, 2.05) is 30.3 Å². The van der Waals surface area contributed by atoms with Crippen LogP contribution >= 0.6 is 11.6 Å². The van der Waals surface area contributed by atoms with E-state index in [0.29, 0.717) is 24.7 Å². The van der Waals surface area contributed by atoms with E-state index in [-0.39, 0.29) is 0 Å². The van der Waals surface area contributed by atoms with Gasteiger partial charge in [-0.3, -0.25) is 4.98 Å². The zero-order chi connectivity index (χ0) is 20.8. The second kappa shape index (κ2) is 10.2. The lowest BCUT2D eigenvalue weighted by atomic mass is 9.90. The van der Waals surface area contributed by atoms with E-state index >= 15 is 0 Å². The number of ether oxygens (including phenoxy) is 2. The normalized spacial score (nSPS) is 12.4. The van der Waals surface area contributed by atoms with Gasteiger partial charge in [0, 0.05) is 30.5 Å². The first-order valence-electron chi connectivity index (χ1n) is 10.00. The number of pyridine rings is 1. The van der Waals surface area contributed by atoms with Crippen molar-refractivity contribution in [2.45, 2.75) is 46.0 Å². The molecule has 0 aliphatic carbocycles.